The van der Waals surface area contributed by atoms with Gasteiger partial charge in [-0.3, -0.25) is 4.72 Å². The van der Waals surface area contributed by atoms with Crippen molar-refractivity contribution >= 4 is 50.0 Å². The normalized spacial score (nSPS) is 11.4. The van der Waals surface area contributed by atoms with Gasteiger partial charge in [0.15, 0.2) is 11.6 Å². The number of halogens is 1. The molecule has 0 aliphatic heterocycles. The van der Waals surface area contributed by atoms with Crippen LogP contribution in [0.15, 0.2) is 71.6 Å². The number of hydrogen-bond acceptors (Lipinski definition) is 5. The number of aryl methyl sites for hydroxylation is 2. The molecule has 0 fully saturated rings. The van der Waals surface area contributed by atoms with Crippen LogP contribution in [-0.2, 0) is 10.0 Å². The highest BCUT2D eigenvalue weighted by Gasteiger charge is 2.19. The maximum absolute atomic E-state index is 13.0. The first-order valence-corrected chi connectivity index (χ1v) is 11.1. The number of aromatic nitrogens is 2. The highest BCUT2D eigenvalue weighted by Crippen LogP contribution is 2.29. The Morgan fingerprint density at radius 1 is 0.833 bits per heavy atom. The van der Waals surface area contributed by atoms with E-state index in [2.05, 4.69) is 20.0 Å². The van der Waals surface area contributed by atoms with E-state index >= 15 is 0 Å². The van der Waals surface area contributed by atoms with E-state index in [9.17, 15) is 8.42 Å². The fraction of sp³-hybridized carbons (Fsp3) is 0.0909. The van der Waals surface area contributed by atoms with Crippen molar-refractivity contribution in [2.24, 2.45) is 0 Å². The molecule has 0 spiro atoms. The molecule has 0 saturated heterocycles. The van der Waals surface area contributed by atoms with Crippen LogP contribution in [0.3, 0.4) is 0 Å². The maximum atomic E-state index is 13.0. The minimum Gasteiger partial charge on any atom is -0.337 e. The molecule has 4 aromatic rings. The lowest BCUT2D eigenvalue weighted by molar-refractivity contribution is 0.601. The Hall–Kier alpha value is -3.16. The molecule has 8 heteroatoms. The van der Waals surface area contributed by atoms with Gasteiger partial charge in [0.25, 0.3) is 10.0 Å². The molecular weight excluding hydrogens is 420 g/mol. The fourth-order valence-corrected chi connectivity index (χ4v) is 4.23. The summed E-state index contributed by atoms with van der Waals surface area (Å²) in [4.78, 5) is 9.22. The third-order valence-corrected chi connectivity index (χ3v) is 6.28. The Morgan fingerprint density at radius 3 is 2.20 bits per heavy atom. The number of nitrogens with one attached hydrogen (secondary N) is 2. The second-order valence-corrected chi connectivity index (χ2v) is 9.01. The third kappa shape index (κ3) is 4.22. The van der Waals surface area contributed by atoms with Crippen LogP contribution in [0.5, 0.6) is 0 Å². The van der Waals surface area contributed by atoms with E-state index in [0.717, 1.165) is 11.1 Å². The fourth-order valence-electron chi connectivity index (χ4n) is 2.93. The zero-order valence-electron chi connectivity index (χ0n) is 16.3. The van der Waals surface area contributed by atoms with Gasteiger partial charge in [0.1, 0.15) is 0 Å². The molecule has 0 radical (unpaired) electrons. The van der Waals surface area contributed by atoms with Gasteiger partial charge in [-0.15, -0.1) is 0 Å². The number of nitrogens with zero attached hydrogens (tertiary/aromatic N) is 2. The number of fused-ring (bicyclic) bond motifs is 1. The summed E-state index contributed by atoms with van der Waals surface area (Å²) in [5.41, 5.74) is 3.66. The molecule has 0 atom stereocenters. The standard InChI is InChI=1S/C22H19ClN4O2S/c1-14-6-5-7-17(12-14)30(28,29)27-22-21(24-16-11-10-15(2)18(23)13-16)25-19-8-3-4-9-20(19)26-22/h3-13H,1-2H3,(H,24,25)(H,26,27). The molecule has 0 saturated carbocycles. The third-order valence-electron chi connectivity index (χ3n) is 4.54. The summed E-state index contributed by atoms with van der Waals surface area (Å²) in [5.74, 6) is 0.386. The van der Waals surface area contributed by atoms with Gasteiger partial charge < -0.3 is 5.32 Å². The first-order valence-electron chi connectivity index (χ1n) is 9.21. The Morgan fingerprint density at radius 2 is 1.53 bits per heavy atom. The molecule has 4 rings (SSSR count). The Kier molecular flexibility index (Phi) is 5.32. The molecular formula is C22H19ClN4O2S. The van der Waals surface area contributed by atoms with Crippen molar-refractivity contribution in [1.82, 2.24) is 9.97 Å². The summed E-state index contributed by atoms with van der Waals surface area (Å²) in [7, 11) is -3.85. The molecule has 0 aliphatic rings. The van der Waals surface area contributed by atoms with E-state index in [4.69, 9.17) is 11.6 Å². The van der Waals surface area contributed by atoms with Crippen LogP contribution in [0.1, 0.15) is 11.1 Å². The number of rotatable bonds is 5. The molecule has 30 heavy (non-hydrogen) atoms. The monoisotopic (exact) mass is 438 g/mol. The molecule has 0 aliphatic carbocycles. The Bertz CT molecular complexity index is 1360. The predicted molar refractivity (Wildman–Crippen MR) is 121 cm³/mol. The van der Waals surface area contributed by atoms with Crippen LogP contribution in [0.25, 0.3) is 11.0 Å². The van der Waals surface area contributed by atoms with Crippen molar-refractivity contribution in [1.29, 1.82) is 0 Å². The molecule has 0 unspecified atom stereocenters. The maximum Gasteiger partial charge on any atom is 0.263 e. The van der Waals surface area contributed by atoms with Gasteiger partial charge in [-0.2, -0.15) is 0 Å². The van der Waals surface area contributed by atoms with E-state index in [0.29, 0.717) is 21.7 Å². The van der Waals surface area contributed by atoms with Crippen molar-refractivity contribution < 1.29 is 8.42 Å². The summed E-state index contributed by atoms with van der Waals surface area (Å²) < 4.78 is 28.5. The zero-order valence-corrected chi connectivity index (χ0v) is 17.9. The largest absolute Gasteiger partial charge is 0.337 e. The summed E-state index contributed by atoms with van der Waals surface area (Å²) in [6.45, 7) is 3.74. The van der Waals surface area contributed by atoms with Crippen LogP contribution >= 0.6 is 11.6 Å². The average Bonchev–Trinajstić information content (AvgIpc) is 2.71. The quantitative estimate of drug-likeness (QED) is 0.433. The molecule has 3 aromatic carbocycles. The highest BCUT2D eigenvalue weighted by molar-refractivity contribution is 7.92. The first-order chi connectivity index (χ1) is 14.3. The minimum absolute atomic E-state index is 0.104. The number of hydrogen-bond donors (Lipinski definition) is 2. The molecule has 6 nitrogen and oxygen atoms in total. The van der Waals surface area contributed by atoms with E-state index in [-0.39, 0.29) is 16.5 Å². The number of benzene rings is 3. The summed E-state index contributed by atoms with van der Waals surface area (Å²) in [5, 5.41) is 3.73. The predicted octanol–water partition coefficient (Wildman–Crippen LogP) is 5.44. The highest BCUT2D eigenvalue weighted by atomic mass is 35.5. The molecule has 152 valence electrons. The molecule has 0 bridgehead atoms. The number of sulfonamides is 1. The van der Waals surface area contributed by atoms with Crippen LogP contribution in [0, 0.1) is 13.8 Å². The second kappa shape index (κ2) is 7.93. The van der Waals surface area contributed by atoms with Gasteiger partial charge in [-0.05, 0) is 61.4 Å². The van der Waals surface area contributed by atoms with Crippen LogP contribution in [0.2, 0.25) is 5.02 Å². The van der Waals surface area contributed by atoms with Gasteiger partial charge in [-0.1, -0.05) is 41.9 Å². The molecule has 2 N–H and O–H groups in total. The van der Waals surface area contributed by atoms with Gasteiger partial charge in [0.2, 0.25) is 0 Å². The SMILES string of the molecule is Cc1cccc(S(=O)(=O)Nc2nc3ccccc3nc2Nc2ccc(C)c(Cl)c2)c1. The van der Waals surface area contributed by atoms with E-state index in [1.165, 1.54) is 6.07 Å². The first kappa shape index (κ1) is 20.1. The van der Waals surface area contributed by atoms with E-state index in [1.54, 1.807) is 24.3 Å². The average molecular weight is 439 g/mol. The number of para-hydroxylation sites is 2. The minimum atomic E-state index is -3.85. The molecule has 1 heterocycles. The van der Waals surface area contributed by atoms with Crippen molar-refractivity contribution in [2.45, 2.75) is 18.7 Å². The van der Waals surface area contributed by atoms with Crippen LogP contribution in [-0.4, -0.2) is 18.4 Å². The van der Waals surface area contributed by atoms with Gasteiger partial charge >= 0.3 is 0 Å². The Balaban J connectivity index is 1.79. The smallest absolute Gasteiger partial charge is 0.263 e. The second-order valence-electron chi connectivity index (χ2n) is 6.92. The van der Waals surface area contributed by atoms with E-state index in [1.807, 2.05) is 50.2 Å². The molecule has 1 aromatic heterocycles. The lowest BCUT2D eigenvalue weighted by atomic mass is 10.2. The van der Waals surface area contributed by atoms with Crippen molar-refractivity contribution in [3.63, 3.8) is 0 Å². The topological polar surface area (TPSA) is 84.0 Å². The van der Waals surface area contributed by atoms with Crippen LogP contribution < -0.4 is 10.0 Å². The van der Waals surface area contributed by atoms with Gasteiger partial charge in [-0.25, -0.2) is 18.4 Å². The lowest BCUT2D eigenvalue weighted by Crippen LogP contribution is -2.16. The zero-order chi connectivity index (χ0) is 21.3. The van der Waals surface area contributed by atoms with Crippen molar-refractivity contribution in [2.75, 3.05) is 10.0 Å². The van der Waals surface area contributed by atoms with Crippen molar-refractivity contribution in [3.8, 4) is 0 Å². The van der Waals surface area contributed by atoms with Gasteiger partial charge in [0.05, 0.1) is 15.9 Å². The molecule has 0 amide bonds. The van der Waals surface area contributed by atoms with E-state index < -0.39 is 10.0 Å². The summed E-state index contributed by atoms with van der Waals surface area (Å²) in [6.07, 6.45) is 0. The number of anilines is 3. The Labute approximate surface area is 180 Å². The lowest BCUT2D eigenvalue weighted by Gasteiger charge is -2.14. The summed E-state index contributed by atoms with van der Waals surface area (Å²) in [6, 6.07) is 19.4. The van der Waals surface area contributed by atoms with Gasteiger partial charge in [0, 0.05) is 10.7 Å². The van der Waals surface area contributed by atoms with Crippen LogP contribution in [0.4, 0.5) is 17.3 Å². The summed E-state index contributed by atoms with van der Waals surface area (Å²) >= 11 is 6.23. The van der Waals surface area contributed by atoms with Crippen molar-refractivity contribution in [3.05, 3.63) is 82.9 Å².